The Morgan fingerprint density at radius 1 is 0.912 bits per heavy atom. The molecule has 0 aliphatic heterocycles. The van der Waals surface area contributed by atoms with Crippen LogP contribution >= 0.6 is 22.9 Å². The lowest BCUT2D eigenvalue weighted by atomic mass is 10.1. The van der Waals surface area contributed by atoms with Gasteiger partial charge in [-0.05, 0) is 73.0 Å². The molecule has 7 heteroatoms. The molecule has 0 N–H and O–H groups in total. The average Bonchev–Trinajstić information content (AvgIpc) is 3.26. The van der Waals surface area contributed by atoms with Crippen LogP contribution in [0.15, 0.2) is 77.1 Å². The maximum Gasteiger partial charge on any atom is 0.190 e. The lowest BCUT2D eigenvalue weighted by Crippen LogP contribution is -2.17. The smallest absolute Gasteiger partial charge is 0.190 e. The molecule has 0 aliphatic carbocycles. The van der Waals surface area contributed by atoms with Gasteiger partial charge < -0.3 is 18.8 Å². The highest BCUT2D eigenvalue weighted by Gasteiger charge is 2.10. The van der Waals surface area contributed by atoms with E-state index in [2.05, 4.69) is 16.0 Å². The van der Waals surface area contributed by atoms with Crippen LogP contribution in [0.3, 0.4) is 0 Å². The second-order valence-corrected chi connectivity index (χ2v) is 8.81. The van der Waals surface area contributed by atoms with Crippen molar-refractivity contribution in [2.75, 3.05) is 20.8 Å². The number of nitrogens with zero attached hydrogens (tertiary/aromatic N) is 2. The molecule has 0 unspecified atom stereocenters. The predicted molar refractivity (Wildman–Crippen MR) is 139 cm³/mol. The van der Waals surface area contributed by atoms with Crippen molar-refractivity contribution in [3.05, 3.63) is 87.5 Å². The second kappa shape index (κ2) is 11.3. The molecule has 0 fully saturated rings. The Labute approximate surface area is 208 Å². The first kappa shape index (κ1) is 23.9. The first-order valence-corrected chi connectivity index (χ1v) is 12.3. The number of hydrogen-bond donors (Lipinski definition) is 0. The van der Waals surface area contributed by atoms with Crippen LogP contribution in [0.2, 0.25) is 5.02 Å². The van der Waals surface area contributed by atoms with E-state index in [1.54, 1.807) is 25.6 Å². The van der Waals surface area contributed by atoms with Crippen LogP contribution in [0.4, 0.5) is 5.69 Å². The molecule has 0 bridgehead atoms. The fourth-order valence-corrected chi connectivity index (χ4v) is 4.74. The molecule has 0 aliphatic rings. The van der Waals surface area contributed by atoms with Crippen molar-refractivity contribution in [3.63, 3.8) is 0 Å². The Morgan fingerprint density at radius 2 is 1.65 bits per heavy atom. The first-order chi connectivity index (χ1) is 16.6. The zero-order valence-electron chi connectivity index (χ0n) is 19.5. The van der Waals surface area contributed by atoms with Crippen LogP contribution in [-0.2, 0) is 13.0 Å². The van der Waals surface area contributed by atoms with Crippen LogP contribution in [0.1, 0.15) is 12.5 Å². The third kappa shape index (κ3) is 5.64. The number of methoxy groups -OCH3 is 2. The molecular weight excluding hydrogens is 468 g/mol. The Bertz CT molecular complexity index is 1290. The van der Waals surface area contributed by atoms with Gasteiger partial charge in [-0.15, -0.1) is 11.3 Å². The molecule has 4 rings (SSSR count). The summed E-state index contributed by atoms with van der Waals surface area (Å²) in [5.74, 6) is 2.30. The van der Waals surface area contributed by atoms with Crippen molar-refractivity contribution >= 4 is 28.6 Å². The van der Waals surface area contributed by atoms with E-state index in [-0.39, 0.29) is 0 Å². The average molecular weight is 495 g/mol. The van der Waals surface area contributed by atoms with Gasteiger partial charge in [-0.2, -0.15) is 0 Å². The Hall–Kier alpha value is -3.22. The number of rotatable bonds is 9. The van der Waals surface area contributed by atoms with Gasteiger partial charge in [0, 0.05) is 16.9 Å². The number of ether oxygens (including phenoxy) is 3. The Morgan fingerprint density at radius 3 is 2.32 bits per heavy atom. The number of halogens is 1. The third-order valence-corrected chi connectivity index (χ3v) is 6.50. The van der Waals surface area contributed by atoms with Crippen LogP contribution in [0.5, 0.6) is 17.2 Å². The molecule has 1 aromatic heterocycles. The van der Waals surface area contributed by atoms with Gasteiger partial charge in [-0.3, -0.25) is 0 Å². The minimum atomic E-state index is 0.641. The summed E-state index contributed by atoms with van der Waals surface area (Å²) >= 11 is 7.75. The van der Waals surface area contributed by atoms with Crippen molar-refractivity contribution in [2.45, 2.75) is 19.9 Å². The number of aromatic nitrogens is 1. The van der Waals surface area contributed by atoms with Crippen molar-refractivity contribution < 1.29 is 14.2 Å². The fraction of sp³-hybridized carbons (Fsp3) is 0.222. The molecule has 4 aromatic rings. The van der Waals surface area contributed by atoms with E-state index in [4.69, 9.17) is 30.8 Å². The van der Waals surface area contributed by atoms with Gasteiger partial charge in [0.2, 0.25) is 0 Å². The van der Waals surface area contributed by atoms with E-state index in [0.717, 1.165) is 62.5 Å². The highest BCUT2D eigenvalue weighted by molar-refractivity contribution is 7.07. The van der Waals surface area contributed by atoms with E-state index in [9.17, 15) is 0 Å². The topological polar surface area (TPSA) is 45.0 Å². The monoisotopic (exact) mass is 494 g/mol. The van der Waals surface area contributed by atoms with E-state index < -0.39 is 0 Å². The summed E-state index contributed by atoms with van der Waals surface area (Å²) in [5, 5.41) is 2.86. The van der Waals surface area contributed by atoms with Crippen molar-refractivity contribution in [1.29, 1.82) is 0 Å². The molecule has 1 heterocycles. The standard InChI is InChI=1S/C27H27ClN2O3S/c1-4-33-23-12-10-22(11-13-23)29-27-30(24(18-34-27)20-6-8-21(28)9-7-20)16-15-19-5-14-25(31-2)26(17-19)32-3/h5-14,17-18H,4,15-16H2,1-3H3. The minimum Gasteiger partial charge on any atom is -0.494 e. The highest BCUT2D eigenvalue weighted by Crippen LogP contribution is 2.28. The summed E-state index contributed by atoms with van der Waals surface area (Å²) in [6.45, 7) is 3.37. The zero-order valence-corrected chi connectivity index (χ0v) is 21.0. The number of benzene rings is 3. The summed E-state index contributed by atoms with van der Waals surface area (Å²) in [6, 6.07) is 21.8. The van der Waals surface area contributed by atoms with Crippen LogP contribution in [-0.4, -0.2) is 25.4 Å². The van der Waals surface area contributed by atoms with Gasteiger partial charge in [-0.1, -0.05) is 29.8 Å². The fourth-order valence-electron chi connectivity index (χ4n) is 3.66. The molecule has 0 spiro atoms. The van der Waals surface area contributed by atoms with Crippen molar-refractivity contribution in [2.24, 2.45) is 4.99 Å². The van der Waals surface area contributed by atoms with E-state index >= 15 is 0 Å². The van der Waals surface area contributed by atoms with Gasteiger partial charge in [0.1, 0.15) is 5.75 Å². The summed E-state index contributed by atoms with van der Waals surface area (Å²) in [4.78, 5) is 5.86. The molecule has 34 heavy (non-hydrogen) atoms. The summed E-state index contributed by atoms with van der Waals surface area (Å²) < 4.78 is 18.7. The molecule has 0 radical (unpaired) electrons. The van der Waals surface area contributed by atoms with Crippen LogP contribution in [0, 0.1) is 0 Å². The lowest BCUT2D eigenvalue weighted by Gasteiger charge is -2.12. The molecular formula is C27H27ClN2O3S. The number of thiazole rings is 1. The summed E-state index contributed by atoms with van der Waals surface area (Å²) in [6.07, 6.45) is 0.814. The molecule has 0 saturated heterocycles. The third-order valence-electron chi connectivity index (χ3n) is 5.38. The van der Waals surface area contributed by atoms with E-state index in [0.29, 0.717) is 6.61 Å². The van der Waals surface area contributed by atoms with E-state index in [1.165, 1.54) is 0 Å². The summed E-state index contributed by atoms with van der Waals surface area (Å²) in [5.41, 5.74) is 4.24. The zero-order chi connectivity index (χ0) is 23.9. The molecule has 0 saturated carbocycles. The summed E-state index contributed by atoms with van der Waals surface area (Å²) in [7, 11) is 3.30. The van der Waals surface area contributed by atoms with Crippen molar-refractivity contribution in [3.8, 4) is 28.5 Å². The SMILES string of the molecule is CCOc1ccc(N=c2scc(-c3ccc(Cl)cc3)n2CCc2ccc(OC)c(OC)c2)cc1. The molecule has 0 amide bonds. The maximum atomic E-state index is 6.13. The Balaban J connectivity index is 1.69. The van der Waals surface area contributed by atoms with Gasteiger partial charge >= 0.3 is 0 Å². The molecule has 176 valence electrons. The predicted octanol–water partition coefficient (Wildman–Crippen LogP) is 6.76. The second-order valence-electron chi connectivity index (χ2n) is 7.54. The normalized spacial score (nSPS) is 11.5. The maximum absolute atomic E-state index is 6.13. The van der Waals surface area contributed by atoms with Crippen LogP contribution < -0.4 is 19.0 Å². The number of aryl methyl sites for hydroxylation is 1. The number of hydrogen-bond acceptors (Lipinski definition) is 5. The van der Waals surface area contributed by atoms with Gasteiger partial charge in [0.25, 0.3) is 0 Å². The minimum absolute atomic E-state index is 0.641. The van der Waals surface area contributed by atoms with E-state index in [1.807, 2.05) is 67.6 Å². The van der Waals surface area contributed by atoms with Gasteiger partial charge in [0.15, 0.2) is 16.3 Å². The first-order valence-electron chi connectivity index (χ1n) is 11.0. The molecule has 5 nitrogen and oxygen atoms in total. The highest BCUT2D eigenvalue weighted by atomic mass is 35.5. The van der Waals surface area contributed by atoms with Crippen LogP contribution in [0.25, 0.3) is 11.3 Å². The quantitative estimate of drug-likeness (QED) is 0.258. The van der Waals surface area contributed by atoms with Gasteiger partial charge in [-0.25, -0.2) is 4.99 Å². The largest absolute Gasteiger partial charge is 0.494 e. The lowest BCUT2D eigenvalue weighted by molar-refractivity contribution is 0.340. The van der Waals surface area contributed by atoms with Gasteiger partial charge in [0.05, 0.1) is 32.2 Å². The van der Waals surface area contributed by atoms with Crippen molar-refractivity contribution in [1.82, 2.24) is 4.57 Å². The molecule has 0 atom stereocenters. The molecule has 3 aromatic carbocycles. The Kier molecular flexibility index (Phi) is 7.93.